The highest BCUT2D eigenvalue weighted by Gasteiger charge is 2.16. The van der Waals surface area contributed by atoms with Crippen molar-refractivity contribution < 1.29 is 9.72 Å². The van der Waals surface area contributed by atoms with E-state index in [4.69, 9.17) is 23.2 Å². The minimum atomic E-state index is -0.519. The monoisotopic (exact) mass is 454 g/mol. The number of anilines is 1. The zero-order valence-corrected chi connectivity index (χ0v) is 17.5. The number of nitrogens with zero attached hydrogens (tertiary/aromatic N) is 3. The van der Waals surface area contributed by atoms with Gasteiger partial charge in [-0.2, -0.15) is 0 Å². The summed E-state index contributed by atoms with van der Waals surface area (Å²) >= 11 is 14.6. The number of aromatic nitrogens is 2. The van der Waals surface area contributed by atoms with Crippen LogP contribution in [0, 0.1) is 17.0 Å². The summed E-state index contributed by atoms with van der Waals surface area (Å²) in [6.07, 6.45) is 0. The molecule has 28 heavy (non-hydrogen) atoms. The van der Waals surface area contributed by atoms with Gasteiger partial charge in [0.1, 0.15) is 0 Å². The number of thioether (sulfide) groups is 1. The Kier molecular flexibility index (Phi) is 6.50. The Labute approximate surface area is 178 Å². The summed E-state index contributed by atoms with van der Waals surface area (Å²) < 4.78 is 0.663. The Bertz CT molecular complexity index is 1060. The van der Waals surface area contributed by atoms with Crippen LogP contribution < -0.4 is 5.32 Å². The largest absolute Gasteiger partial charge is 0.296 e. The van der Waals surface area contributed by atoms with Gasteiger partial charge in [-0.05, 0) is 30.7 Å². The van der Waals surface area contributed by atoms with E-state index in [9.17, 15) is 14.9 Å². The molecule has 0 saturated carbocycles. The lowest BCUT2D eigenvalue weighted by atomic mass is 10.1. The first-order valence-electron chi connectivity index (χ1n) is 7.80. The van der Waals surface area contributed by atoms with Gasteiger partial charge in [-0.3, -0.25) is 20.2 Å². The third kappa shape index (κ3) is 4.99. The maximum Gasteiger partial charge on any atom is 0.273 e. The minimum absolute atomic E-state index is 0.109. The SMILES string of the molecule is Cc1ccc(C(=O)Nc2nnc(SCc3ccc(Cl)c(Cl)c3)s2)cc1[N+](=O)[O-]. The molecule has 3 aromatic rings. The number of benzene rings is 2. The van der Waals surface area contributed by atoms with Gasteiger partial charge in [0.2, 0.25) is 5.13 Å². The van der Waals surface area contributed by atoms with E-state index in [1.807, 2.05) is 6.07 Å². The van der Waals surface area contributed by atoms with Crippen molar-refractivity contribution in [3.8, 4) is 0 Å². The van der Waals surface area contributed by atoms with Crippen LogP contribution in [0.5, 0.6) is 0 Å². The molecule has 2 aromatic carbocycles. The summed E-state index contributed by atoms with van der Waals surface area (Å²) in [5.74, 6) is 0.129. The fourth-order valence-electron chi connectivity index (χ4n) is 2.21. The first-order valence-corrected chi connectivity index (χ1v) is 10.4. The molecule has 1 amide bonds. The van der Waals surface area contributed by atoms with E-state index in [2.05, 4.69) is 15.5 Å². The number of nitro benzene ring substituents is 1. The van der Waals surface area contributed by atoms with Crippen LogP contribution in [-0.2, 0) is 5.75 Å². The Morgan fingerprint density at radius 3 is 2.71 bits per heavy atom. The zero-order valence-electron chi connectivity index (χ0n) is 14.3. The average Bonchev–Trinajstić information content (AvgIpc) is 3.10. The normalized spacial score (nSPS) is 10.7. The maximum atomic E-state index is 12.3. The van der Waals surface area contributed by atoms with Crippen LogP contribution in [0.3, 0.4) is 0 Å². The predicted octanol–water partition coefficient (Wildman–Crippen LogP) is 5.61. The highest BCUT2D eigenvalue weighted by atomic mass is 35.5. The molecule has 3 rings (SSSR count). The Balaban J connectivity index is 1.64. The lowest BCUT2D eigenvalue weighted by Gasteiger charge is -2.03. The van der Waals surface area contributed by atoms with Crippen LogP contribution in [0.4, 0.5) is 10.8 Å². The second-order valence-electron chi connectivity index (χ2n) is 5.62. The quantitative estimate of drug-likeness (QED) is 0.225. The molecule has 11 heteroatoms. The first kappa shape index (κ1) is 20.5. The summed E-state index contributed by atoms with van der Waals surface area (Å²) in [5.41, 5.74) is 1.53. The molecule has 0 spiro atoms. The summed E-state index contributed by atoms with van der Waals surface area (Å²) in [6, 6.07) is 9.68. The van der Waals surface area contributed by atoms with Gasteiger partial charge in [-0.15, -0.1) is 10.2 Å². The van der Waals surface area contributed by atoms with Gasteiger partial charge in [0, 0.05) is 22.9 Å². The Morgan fingerprint density at radius 1 is 1.21 bits per heavy atom. The number of halogens is 2. The Hall–Kier alpha value is -2.20. The number of carbonyl (C=O) groups is 1. The molecular formula is C17H12Cl2N4O3S2. The van der Waals surface area contributed by atoms with E-state index in [-0.39, 0.29) is 11.3 Å². The molecule has 0 unspecified atom stereocenters. The molecule has 0 atom stereocenters. The van der Waals surface area contributed by atoms with Crippen molar-refractivity contribution >= 4 is 63.0 Å². The van der Waals surface area contributed by atoms with Crippen molar-refractivity contribution in [3.05, 3.63) is 73.2 Å². The van der Waals surface area contributed by atoms with Crippen molar-refractivity contribution in [2.75, 3.05) is 5.32 Å². The highest BCUT2D eigenvalue weighted by Crippen LogP contribution is 2.31. The summed E-state index contributed by atoms with van der Waals surface area (Å²) in [7, 11) is 0. The number of amides is 1. The molecule has 1 heterocycles. The third-order valence-electron chi connectivity index (χ3n) is 3.64. The van der Waals surface area contributed by atoms with Gasteiger partial charge in [0.25, 0.3) is 11.6 Å². The van der Waals surface area contributed by atoms with Crippen molar-refractivity contribution in [2.45, 2.75) is 17.0 Å². The standard InChI is InChI=1S/C17H12Cl2N4O3S2/c1-9-2-4-11(7-14(9)23(25)26)15(24)20-16-21-22-17(28-16)27-8-10-3-5-12(18)13(19)6-10/h2-7H,8H2,1H3,(H,20,21,24). The van der Waals surface area contributed by atoms with Gasteiger partial charge in [0.15, 0.2) is 4.34 Å². The lowest BCUT2D eigenvalue weighted by Crippen LogP contribution is -2.12. The first-order chi connectivity index (χ1) is 13.3. The molecule has 0 bridgehead atoms. The predicted molar refractivity (Wildman–Crippen MR) is 112 cm³/mol. The number of hydrogen-bond donors (Lipinski definition) is 1. The second-order valence-corrected chi connectivity index (χ2v) is 8.64. The van der Waals surface area contributed by atoms with E-state index in [0.29, 0.717) is 30.8 Å². The van der Waals surface area contributed by atoms with Crippen molar-refractivity contribution in [2.24, 2.45) is 0 Å². The van der Waals surface area contributed by atoms with Gasteiger partial charge < -0.3 is 0 Å². The Morgan fingerprint density at radius 2 is 2.00 bits per heavy atom. The molecule has 0 radical (unpaired) electrons. The zero-order chi connectivity index (χ0) is 20.3. The van der Waals surface area contributed by atoms with E-state index in [1.165, 1.54) is 41.3 Å². The summed E-state index contributed by atoms with van der Waals surface area (Å²) in [4.78, 5) is 22.8. The number of rotatable bonds is 6. The van der Waals surface area contributed by atoms with E-state index >= 15 is 0 Å². The molecule has 0 fully saturated rings. The second kappa shape index (κ2) is 8.87. The van der Waals surface area contributed by atoms with Gasteiger partial charge >= 0.3 is 0 Å². The van der Waals surface area contributed by atoms with E-state index in [1.54, 1.807) is 19.1 Å². The number of nitrogens with one attached hydrogen (secondary N) is 1. The topological polar surface area (TPSA) is 98.0 Å². The van der Waals surface area contributed by atoms with Crippen LogP contribution in [0.2, 0.25) is 10.0 Å². The van der Waals surface area contributed by atoms with Crippen molar-refractivity contribution in [3.63, 3.8) is 0 Å². The number of carbonyl (C=O) groups excluding carboxylic acids is 1. The molecule has 1 aromatic heterocycles. The van der Waals surface area contributed by atoms with Crippen molar-refractivity contribution in [1.82, 2.24) is 10.2 Å². The lowest BCUT2D eigenvalue weighted by molar-refractivity contribution is -0.385. The summed E-state index contributed by atoms with van der Waals surface area (Å²) in [6.45, 7) is 1.61. The van der Waals surface area contributed by atoms with Gasteiger partial charge in [0.05, 0.1) is 15.0 Å². The molecule has 0 aliphatic carbocycles. The smallest absolute Gasteiger partial charge is 0.273 e. The number of nitro groups is 1. The van der Waals surface area contributed by atoms with Crippen LogP contribution in [0.25, 0.3) is 0 Å². The summed E-state index contributed by atoms with van der Waals surface area (Å²) in [5, 5.41) is 22.9. The molecular weight excluding hydrogens is 443 g/mol. The van der Waals surface area contributed by atoms with E-state index in [0.717, 1.165) is 5.56 Å². The number of aryl methyl sites for hydroxylation is 1. The number of hydrogen-bond acceptors (Lipinski definition) is 7. The minimum Gasteiger partial charge on any atom is -0.296 e. The van der Waals surface area contributed by atoms with Crippen LogP contribution >= 0.6 is 46.3 Å². The van der Waals surface area contributed by atoms with Crippen LogP contribution in [0.15, 0.2) is 40.7 Å². The average molecular weight is 455 g/mol. The molecule has 0 saturated heterocycles. The maximum absolute atomic E-state index is 12.3. The fraction of sp³-hybridized carbons (Fsp3) is 0.118. The fourth-order valence-corrected chi connectivity index (χ4v) is 4.22. The highest BCUT2D eigenvalue weighted by molar-refractivity contribution is 8.00. The third-order valence-corrected chi connectivity index (χ3v) is 6.42. The van der Waals surface area contributed by atoms with Crippen LogP contribution in [0.1, 0.15) is 21.5 Å². The van der Waals surface area contributed by atoms with Crippen LogP contribution in [-0.4, -0.2) is 21.0 Å². The van der Waals surface area contributed by atoms with Gasteiger partial charge in [-0.1, -0.05) is 58.4 Å². The van der Waals surface area contributed by atoms with Gasteiger partial charge in [-0.25, -0.2) is 0 Å². The molecule has 0 aliphatic heterocycles. The molecule has 0 aliphatic rings. The molecule has 144 valence electrons. The molecule has 1 N–H and O–H groups in total. The van der Waals surface area contributed by atoms with Crippen molar-refractivity contribution in [1.29, 1.82) is 0 Å². The molecule has 7 nitrogen and oxygen atoms in total. The van der Waals surface area contributed by atoms with E-state index < -0.39 is 10.8 Å².